The Balaban J connectivity index is 2.31. The lowest BCUT2D eigenvalue weighted by molar-refractivity contribution is -0.153. The van der Waals surface area contributed by atoms with Gasteiger partial charge in [-0.3, -0.25) is 14.4 Å². The largest absolute Gasteiger partial charge is 0.466 e. The van der Waals surface area contributed by atoms with Crippen LogP contribution in [0.25, 0.3) is 0 Å². The van der Waals surface area contributed by atoms with Gasteiger partial charge in [-0.05, 0) is 43.6 Å². The second kappa shape index (κ2) is 6.69. The van der Waals surface area contributed by atoms with E-state index in [0.29, 0.717) is 5.57 Å². The molecule has 2 fully saturated rings. The molecule has 2 aliphatic carbocycles. The highest BCUT2D eigenvalue weighted by Gasteiger charge is 2.64. The summed E-state index contributed by atoms with van der Waals surface area (Å²) in [7, 11) is 0. The van der Waals surface area contributed by atoms with Crippen molar-refractivity contribution < 1.29 is 23.9 Å². The third-order valence-corrected chi connectivity index (χ3v) is 6.03. The highest BCUT2D eigenvalue weighted by atomic mass is 16.5. The van der Waals surface area contributed by atoms with E-state index in [9.17, 15) is 14.4 Å². The zero-order valence-corrected chi connectivity index (χ0v) is 15.3. The normalized spacial score (nSPS) is 30.5. The van der Waals surface area contributed by atoms with Crippen molar-refractivity contribution in [3.05, 3.63) is 11.6 Å². The number of carbonyl (C=O) groups excluding carboxylic acids is 3. The van der Waals surface area contributed by atoms with Crippen molar-refractivity contribution in [3.63, 3.8) is 0 Å². The maximum Gasteiger partial charge on any atom is 0.313 e. The third-order valence-electron chi connectivity index (χ3n) is 6.03. The molecule has 24 heavy (non-hydrogen) atoms. The van der Waals surface area contributed by atoms with Crippen molar-refractivity contribution in [1.29, 1.82) is 0 Å². The number of carbonyl (C=O) groups is 3. The fourth-order valence-corrected chi connectivity index (χ4v) is 4.20. The van der Waals surface area contributed by atoms with Crippen molar-refractivity contribution >= 4 is 17.7 Å². The Bertz CT molecular complexity index is 574. The highest BCUT2D eigenvalue weighted by Crippen LogP contribution is 2.65. The van der Waals surface area contributed by atoms with Gasteiger partial charge in [-0.15, -0.1) is 0 Å². The summed E-state index contributed by atoms with van der Waals surface area (Å²) in [5.41, 5.74) is 0.183. The summed E-state index contributed by atoms with van der Waals surface area (Å²) in [4.78, 5) is 37.0. The number of ether oxygens (including phenoxy) is 2. The lowest BCUT2D eigenvalue weighted by atomic mass is 9.70. The first-order valence-corrected chi connectivity index (χ1v) is 8.77. The topological polar surface area (TPSA) is 69.7 Å². The zero-order chi connectivity index (χ0) is 18.1. The fourth-order valence-electron chi connectivity index (χ4n) is 4.20. The van der Waals surface area contributed by atoms with E-state index in [2.05, 4.69) is 13.8 Å². The number of hydrogen-bond acceptors (Lipinski definition) is 5. The van der Waals surface area contributed by atoms with Gasteiger partial charge in [0.25, 0.3) is 0 Å². The molecular weight excluding hydrogens is 308 g/mol. The van der Waals surface area contributed by atoms with Gasteiger partial charge < -0.3 is 9.47 Å². The van der Waals surface area contributed by atoms with E-state index in [1.54, 1.807) is 19.9 Å². The molecule has 5 nitrogen and oxygen atoms in total. The molecule has 0 N–H and O–H groups in total. The number of rotatable bonds is 6. The van der Waals surface area contributed by atoms with E-state index in [0.717, 1.165) is 12.8 Å². The molecule has 0 spiro atoms. The van der Waals surface area contributed by atoms with E-state index in [-0.39, 0.29) is 42.2 Å². The number of hydrogen-bond donors (Lipinski definition) is 0. The molecule has 134 valence electrons. The Morgan fingerprint density at radius 3 is 2.33 bits per heavy atom. The van der Waals surface area contributed by atoms with E-state index >= 15 is 0 Å². The minimum absolute atomic E-state index is 0.0900. The fraction of sp³-hybridized carbons (Fsp3) is 0.737. The van der Waals surface area contributed by atoms with Crippen LogP contribution in [0.3, 0.4) is 0 Å². The second-order valence-corrected chi connectivity index (χ2v) is 7.46. The van der Waals surface area contributed by atoms with Gasteiger partial charge in [0.1, 0.15) is 0 Å². The molecule has 0 heterocycles. The number of esters is 2. The van der Waals surface area contributed by atoms with Crippen LogP contribution < -0.4 is 0 Å². The summed E-state index contributed by atoms with van der Waals surface area (Å²) in [6.45, 7) is 10.2. The van der Waals surface area contributed by atoms with Gasteiger partial charge in [-0.2, -0.15) is 0 Å². The van der Waals surface area contributed by atoms with Gasteiger partial charge in [0.2, 0.25) is 0 Å². The molecule has 0 radical (unpaired) electrons. The highest BCUT2D eigenvalue weighted by molar-refractivity contribution is 6.05. The predicted octanol–water partition coefficient (Wildman–Crippen LogP) is 3.07. The summed E-state index contributed by atoms with van der Waals surface area (Å²) in [5, 5.41) is 0. The standard InChI is InChI=1S/C19H28O5/c1-6-23-15(20)11-12(17(22)24-7-2)10-13-14-8-9-19(5,16(13)21)18(14,3)4/h10,12,14H,6-9,11H2,1-5H3/b13-10+. The lowest BCUT2D eigenvalue weighted by Gasteiger charge is -2.31. The number of ketones is 1. The van der Waals surface area contributed by atoms with E-state index in [1.807, 2.05) is 6.92 Å². The second-order valence-electron chi connectivity index (χ2n) is 7.46. The Labute approximate surface area is 143 Å². The number of fused-ring (bicyclic) bond motifs is 2. The molecule has 0 saturated heterocycles. The van der Waals surface area contributed by atoms with Gasteiger partial charge >= 0.3 is 11.9 Å². The first-order chi connectivity index (χ1) is 11.2. The van der Waals surface area contributed by atoms with Crippen LogP contribution in [-0.4, -0.2) is 30.9 Å². The van der Waals surface area contributed by atoms with E-state index in [4.69, 9.17) is 9.47 Å². The smallest absolute Gasteiger partial charge is 0.313 e. The summed E-state index contributed by atoms with van der Waals surface area (Å²) < 4.78 is 10.0. The molecule has 3 atom stereocenters. The summed E-state index contributed by atoms with van der Waals surface area (Å²) >= 11 is 0. The molecule has 2 aliphatic rings. The van der Waals surface area contributed by atoms with Crippen molar-refractivity contribution in [1.82, 2.24) is 0 Å². The zero-order valence-electron chi connectivity index (χ0n) is 15.3. The Morgan fingerprint density at radius 1 is 1.21 bits per heavy atom. The predicted molar refractivity (Wildman–Crippen MR) is 89.1 cm³/mol. The first-order valence-electron chi connectivity index (χ1n) is 8.77. The van der Waals surface area contributed by atoms with Crippen LogP contribution in [0.15, 0.2) is 11.6 Å². The lowest BCUT2D eigenvalue weighted by Crippen LogP contribution is -2.32. The van der Waals surface area contributed by atoms with Crippen LogP contribution in [0.5, 0.6) is 0 Å². The molecule has 3 unspecified atom stereocenters. The van der Waals surface area contributed by atoms with Gasteiger partial charge in [-0.1, -0.05) is 26.8 Å². The van der Waals surface area contributed by atoms with Crippen molar-refractivity contribution in [2.75, 3.05) is 13.2 Å². The van der Waals surface area contributed by atoms with Crippen molar-refractivity contribution in [3.8, 4) is 0 Å². The van der Waals surface area contributed by atoms with Gasteiger partial charge in [0.15, 0.2) is 5.78 Å². The average molecular weight is 336 g/mol. The Hall–Kier alpha value is -1.65. The van der Waals surface area contributed by atoms with Crippen LogP contribution in [0, 0.1) is 22.7 Å². The number of Topliss-reactive ketones (excluding diaryl/α,β-unsaturated/α-hetero) is 1. The number of allylic oxidation sites excluding steroid dienone is 1. The first kappa shape index (κ1) is 18.7. The Kier molecular flexibility index (Phi) is 5.21. The molecule has 0 aliphatic heterocycles. The van der Waals surface area contributed by atoms with Gasteiger partial charge in [0, 0.05) is 5.41 Å². The summed E-state index contributed by atoms with van der Waals surface area (Å²) in [6, 6.07) is 0. The van der Waals surface area contributed by atoms with Crippen LogP contribution in [-0.2, 0) is 23.9 Å². The van der Waals surface area contributed by atoms with Crippen LogP contribution >= 0.6 is 0 Å². The monoisotopic (exact) mass is 336 g/mol. The molecule has 0 aromatic heterocycles. The van der Waals surface area contributed by atoms with Crippen molar-refractivity contribution in [2.45, 2.75) is 53.9 Å². The molecule has 2 bridgehead atoms. The maximum absolute atomic E-state index is 12.9. The Morgan fingerprint density at radius 2 is 1.83 bits per heavy atom. The maximum atomic E-state index is 12.9. The summed E-state index contributed by atoms with van der Waals surface area (Å²) in [5.74, 6) is -1.44. The molecular formula is C19H28O5. The van der Waals surface area contributed by atoms with Crippen LogP contribution in [0.4, 0.5) is 0 Å². The SMILES string of the molecule is CCOC(=O)CC(/C=C1/C(=O)C2(C)CCC1C2(C)C)C(=O)OCC. The third kappa shape index (κ3) is 2.89. The quantitative estimate of drug-likeness (QED) is 0.551. The molecule has 5 heteroatoms. The average Bonchev–Trinajstić information content (AvgIpc) is 2.81. The molecule has 0 aromatic carbocycles. The summed E-state index contributed by atoms with van der Waals surface area (Å²) in [6.07, 6.45) is 3.40. The van der Waals surface area contributed by atoms with Crippen LogP contribution in [0.1, 0.15) is 53.9 Å². The molecule has 0 amide bonds. The minimum Gasteiger partial charge on any atom is -0.466 e. The molecule has 2 rings (SSSR count). The van der Waals surface area contributed by atoms with E-state index < -0.39 is 17.9 Å². The molecule has 2 saturated carbocycles. The minimum atomic E-state index is -0.762. The van der Waals surface area contributed by atoms with Crippen LogP contribution in [0.2, 0.25) is 0 Å². The van der Waals surface area contributed by atoms with Gasteiger partial charge in [-0.25, -0.2) is 0 Å². The van der Waals surface area contributed by atoms with Gasteiger partial charge in [0.05, 0.1) is 25.6 Å². The van der Waals surface area contributed by atoms with Crippen molar-refractivity contribution in [2.24, 2.45) is 22.7 Å². The van der Waals surface area contributed by atoms with E-state index in [1.165, 1.54) is 0 Å². The molecule has 0 aromatic rings.